The molecule has 0 unspecified atom stereocenters. The van der Waals surface area contributed by atoms with E-state index in [0.717, 1.165) is 0 Å². The van der Waals surface area contributed by atoms with Crippen molar-refractivity contribution < 1.29 is 14.6 Å². The maximum absolute atomic E-state index is 13.1. The van der Waals surface area contributed by atoms with Gasteiger partial charge in [-0.1, -0.05) is 6.07 Å². The first-order valence-electron chi connectivity index (χ1n) is 4.00. The number of rotatable bonds is 3. The number of aliphatic hydroxyl groups is 1. The average Bonchev–Trinajstić information content (AvgIpc) is 2.04. The highest BCUT2D eigenvalue weighted by Crippen LogP contribution is 2.26. The van der Waals surface area contributed by atoms with Gasteiger partial charge in [0.15, 0.2) is 0 Å². The van der Waals surface area contributed by atoms with Crippen molar-refractivity contribution in [3.63, 3.8) is 0 Å². The second-order valence-electron chi connectivity index (χ2n) is 2.79. The van der Waals surface area contributed by atoms with Crippen LogP contribution in [-0.4, -0.2) is 16.8 Å². The van der Waals surface area contributed by atoms with Gasteiger partial charge in [0.1, 0.15) is 11.6 Å². The Morgan fingerprint density at radius 2 is 2.15 bits per heavy atom. The zero-order chi connectivity index (χ0) is 9.84. The molecule has 4 heteroatoms. The Kier molecular flexibility index (Phi) is 3.22. The highest BCUT2D eigenvalue weighted by Gasteiger charge is 2.14. The van der Waals surface area contributed by atoms with Gasteiger partial charge in [-0.15, -0.1) is 0 Å². The number of hydrogen-bond donors (Lipinski definition) is 3. The molecule has 1 atom stereocenters. The second-order valence-corrected chi connectivity index (χ2v) is 2.79. The van der Waals surface area contributed by atoms with Crippen molar-refractivity contribution in [3.05, 3.63) is 29.6 Å². The predicted octanol–water partition coefficient (Wildman–Crippen LogP) is 0.913. The van der Waals surface area contributed by atoms with Crippen LogP contribution < -0.4 is 5.73 Å². The van der Waals surface area contributed by atoms with Crippen LogP contribution in [0, 0.1) is 5.82 Å². The molecule has 0 heterocycles. The summed E-state index contributed by atoms with van der Waals surface area (Å²) >= 11 is 0. The summed E-state index contributed by atoms with van der Waals surface area (Å²) < 4.78 is 13.1. The molecule has 72 valence electrons. The van der Waals surface area contributed by atoms with Gasteiger partial charge in [-0.2, -0.15) is 0 Å². The van der Waals surface area contributed by atoms with Gasteiger partial charge in [-0.05, 0) is 18.6 Å². The van der Waals surface area contributed by atoms with E-state index in [9.17, 15) is 9.50 Å². The first-order valence-corrected chi connectivity index (χ1v) is 4.00. The number of phenols is 1. The molecule has 0 aliphatic carbocycles. The predicted molar refractivity (Wildman–Crippen MR) is 46.7 cm³/mol. The molecule has 13 heavy (non-hydrogen) atoms. The summed E-state index contributed by atoms with van der Waals surface area (Å²) in [6.45, 7) is -0.130. The molecule has 0 saturated carbocycles. The molecule has 4 N–H and O–H groups in total. The number of benzene rings is 1. The third kappa shape index (κ3) is 2.17. The molecule has 0 bridgehead atoms. The fourth-order valence-electron chi connectivity index (χ4n) is 1.18. The van der Waals surface area contributed by atoms with Crippen LogP contribution in [0.3, 0.4) is 0 Å². The normalized spacial score (nSPS) is 12.8. The van der Waals surface area contributed by atoms with Gasteiger partial charge in [-0.25, -0.2) is 4.39 Å². The summed E-state index contributed by atoms with van der Waals surface area (Å²) in [4.78, 5) is 0. The van der Waals surface area contributed by atoms with Gasteiger partial charge in [0.05, 0.1) is 0 Å². The third-order valence-electron chi connectivity index (χ3n) is 1.84. The van der Waals surface area contributed by atoms with Gasteiger partial charge in [0, 0.05) is 18.2 Å². The van der Waals surface area contributed by atoms with E-state index in [0.29, 0.717) is 0 Å². The smallest absolute Gasteiger partial charge is 0.131 e. The lowest BCUT2D eigenvalue weighted by molar-refractivity contribution is 0.274. The van der Waals surface area contributed by atoms with E-state index in [-0.39, 0.29) is 24.3 Å². The molecule has 1 aromatic rings. The maximum atomic E-state index is 13.1. The SMILES string of the molecule is N[C@H](CCO)c1c(O)cccc1F. The quantitative estimate of drug-likeness (QED) is 0.655. The lowest BCUT2D eigenvalue weighted by Gasteiger charge is -2.12. The number of aliphatic hydroxyl groups excluding tert-OH is 1. The zero-order valence-electron chi connectivity index (χ0n) is 7.07. The molecule has 0 amide bonds. The van der Waals surface area contributed by atoms with Crippen molar-refractivity contribution >= 4 is 0 Å². The molecule has 3 nitrogen and oxygen atoms in total. The van der Waals surface area contributed by atoms with Crippen molar-refractivity contribution in [2.24, 2.45) is 5.73 Å². The minimum atomic E-state index is -0.661. The fourth-order valence-corrected chi connectivity index (χ4v) is 1.18. The van der Waals surface area contributed by atoms with E-state index in [1.54, 1.807) is 0 Å². The number of nitrogens with two attached hydrogens (primary N) is 1. The number of aromatic hydroxyl groups is 1. The Hall–Kier alpha value is -1.13. The van der Waals surface area contributed by atoms with Crippen molar-refractivity contribution in [1.29, 1.82) is 0 Å². The Bertz CT molecular complexity index is 271. The first kappa shape index (κ1) is 9.95. The largest absolute Gasteiger partial charge is 0.508 e. The van der Waals surface area contributed by atoms with Crippen molar-refractivity contribution in [1.82, 2.24) is 0 Å². The number of hydrogen-bond acceptors (Lipinski definition) is 3. The van der Waals surface area contributed by atoms with E-state index < -0.39 is 11.9 Å². The van der Waals surface area contributed by atoms with Crippen LogP contribution in [0.5, 0.6) is 5.75 Å². The van der Waals surface area contributed by atoms with Crippen LogP contribution >= 0.6 is 0 Å². The van der Waals surface area contributed by atoms with Gasteiger partial charge in [-0.3, -0.25) is 0 Å². The molecule has 0 saturated heterocycles. The lowest BCUT2D eigenvalue weighted by atomic mass is 10.0. The summed E-state index contributed by atoms with van der Waals surface area (Å²) in [5, 5.41) is 17.9. The van der Waals surface area contributed by atoms with Crippen LogP contribution in [0.15, 0.2) is 18.2 Å². The van der Waals surface area contributed by atoms with E-state index in [1.165, 1.54) is 18.2 Å². The summed E-state index contributed by atoms with van der Waals surface area (Å²) in [6.07, 6.45) is 0.231. The number of halogens is 1. The van der Waals surface area contributed by atoms with Crippen molar-refractivity contribution in [3.8, 4) is 5.75 Å². The fraction of sp³-hybridized carbons (Fsp3) is 0.333. The lowest BCUT2D eigenvalue weighted by Crippen LogP contribution is -2.13. The Morgan fingerprint density at radius 1 is 1.46 bits per heavy atom. The van der Waals surface area contributed by atoms with Crippen LogP contribution in [0.2, 0.25) is 0 Å². The Balaban J connectivity index is 2.98. The monoisotopic (exact) mass is 185 g/mol. The average molecular weight is 185 g/mol. The first-order chi connectivity index (χ1) is 6.16. The van der Waals surface area contributed by atoms with Gasteiger partial charge in [0.25, 0.3) is 0 Å². The van der Waals surface area contributed by atoms with E-state index in [2.05, 4.69) is 0 Å². The molecular formula is C9H12FNO2. The molecule has 0 aliphatic heterocycles. The Morgan fingerprint density at radius 3 is 2.69 bits per heavy atom. The molecule has 0 aromatic heterocycles. The number of phenolic OH excluding ortho intramolecular Hbond substituents is 1. The molecule has 0 fully saturated rings. The highest BCUT2D eigenvalue weighted by molar-refractivity contribution is 5.35. The van der Waals surface area contributed by atoms with Crippen LogP contribution in [0.1, 0.15) is 18.0 Å². The molecule has 1 rings (SSSR count). The minimum absolute atomic E-state index is 0.0663. The van der Waals surface area contributed by atoms with Crippen LogP contribution in [-0.2, 0) is 0 Å². The van der Waals surface area contributed by atoms with Crippen molar-refractivity contribution in [2.75, 3.05) is 6.61 Å². The molecule has 0 spiro atoms. The Labute approximate surface area is 75.6 Å². The van der Waals surface area contributed by atoms with E-state index in [4.69, 9.17) is 10.8 Å². The van der Waals surface area contributed by atoms with Crippen molar-refractivity contribution in [2.45, 2.75) is 12.5 Å². The van der Waals surface area contributed by atoms with Gasteiger partial charge < -0.3 is 15.9 Å². The molecule has 0 aliphatic rings. The summed E-state index contributed by atoms with van der Waals surface area (Å²) in [5.74, 6) is -0.707. The molecule has 0 radical (unpaired) electrons. The standard InChI is InChI=1S/C9H12FNO2/c10-6-2-1-3-8(13)9(6)7(11)4-5-12/h1-3,7,12-13H,4-5,11H2/t7-/m1/s1. The highest BCUT2D eigenvalue weighted by atomic mass is 19.1. The van der Waals surface area contributed by atoms with Gasteiger partial charge >= 0.3 is 0 Å². The van der Waals surface area contributed by atoms with E-state index in [1.807, 2.05) is 0 Å². The molecular weight excluding hydrogens is 173 g/mol. The summed E-state index contributed by atoms with van der Waals surface area (Å²) in [5.41, 5.74) is 5.61. The summed E-state index contributed by atoms with van der Waals surface area (Å²) in [7, 11) is 0. The van der Waals surface area contributed by atoms with Crippen LogP contribution in [0.25, 0.3) is 0 Å². The second kappa shape index (κ2) is 4.20. The minimum Gasteiger partial charge on any atom is -0.508 e. The van der Waals surface area contributed by atoms with Gasteiger partial charge in [0.2, 0.25) is 0 Å². The van der Waals surface area contributed by atoms with Crippen LogP contribution in [0.4, 0.5) is 4.39 Å². The maximum Gasteiger partial charge on any atom is 0.131 e. The zero-order valence-corrected chi connectivity index (χ0v) is 7.07. The third-order valence-corrected chi connectivity index (χ3v) is 1.84. The summed E-state index contributed by atoms with van der Waals surface area (Å²) in [6, 6.07) is 3.34. The molecule has 1 aromatic carbocycles. The topological polar surface area (TPSA) is 66.5 Å². The van der Waals surface area contributed by atoms with E-state index >= 15 is 0 Å².